The fraction of sp³-hybridized carbons (Fsp3) is 0.561. The molecule has 0 rings (SSSR count). The van der Waals surface area contributed by atoms with Gasteiger partial charge in [-0.1, -0.05) is 291 Å². The molecule has 10 heteroatoms. The van der Waals surface area contributed by atoms with Gasteiger partial charge in [0.25, 0.3) is 7.82 Å². The Labute approximate surface area is 564 Å². The Kier molecular flexibility index (Phi) is 65.8. The zero-order chi connectivity index (χ0) is 66.9. The molecule has 9 nitrogen and oxygen atoms in total. The summed E-state index contributed by atoms with van der Waals surface area (Å²) in [5, 5.41) is 0. The van der Waals surface area contributed by atoms with Gasteiger partial charge in [-0.15, -0.1) is 0 Å². The smallest absolute Gasteiger partial charge is 0.306 e. The van der Waals surface area contributed by atoms with Crippen molar-refractivity contribution < 1.29 is 42.1 Å². The number of allylic oxidation sites excluding steroid dienone is 34. The average Bonchev–Trinajstić information content (AvgIpc) is 2.23. The van der Waals surface area contributed by atoms with Crippen LogP contribution in [0, 0.1) is 0 Å². The van der Waals surface area contributed by atoms with Crippen molar-refractivity contribution in [1.82, 2.24) is 0 Å². The molecular formula is C82H130NO8P. The van der Waals surface area contributed by atoms with E-state index >= 15 is 0 Å². The molecule has 0 fully saturated rings. The Morgan fingerprint density at radius 1 is 0.337 bits per heavy atom. The van der Waals surface area contributed by atoms with Crippen molar-refractivity contribution in [2.75, 3.05) is 47.5 Å². The maximum Gasteiger partial charge on any atom is 0.306 e. The average molecular weight is 1290 g/mol. The van der Waals surface area contributed by atoms with Crippen LogP contribution in [-0.4, -0.2) is 70.0 Å². The lowest BCUT2D eigenvalue weighted by Crippen LogP contribution is -2.37. The van der Waals surface area contributed by atoms with Crippen LogP contribution >= 0.6 is 7.82 Å². The second kappa shape index (κ2) is 69.9. The van der Waals surface area contributed by atoms with Crippen LogP contribution in [0.2, 0.25) is 0 Å². The standard InChI is InChI=1S/C82H130NO8P/c1-6-8-10-12-14-16-18-20-22-24-26-28-30-32-34-35-36-37-38-39-40-41-42-43-44-45-46-47-49-51-53-55-57-59-61-63-65-67-69-71-73-75-82(85)91-80(79-90-92(86,87)89-77-76-83(3,4)5)78-88-81(84)74-72-70-68-66-64-62-60-58-56-54-52-50-48-33-31-29-27-25-23-21-19-17-15-13-11-9-7-2/h8-11,14-17,20-23,26-29,32-34,36-37,39-40,42-43,45-46,48-49,51-52,54,58,60,80H,6-7,12-13,18-19,24-25,30-31,35,38,41,44,47,50,53,55-57,59,61-79H2,1-5H3/b10-8-,11-9-,16-14-,17-15-,22-20-,23-21-,28-26-,29-27-,34-32-,37-36-,40-39-,43-42-,46-45-,48-33-,51-49-,54-52-,60-58-. The van der Waals surface area contributed by atoms with Gasteiger partial charge in [0.15, 0.2) is 6.10 Å². The molecule has 0 aromatic rings. The number of phosphoric acid groups is 1. The Bertz CT molecular complexity index is 2310. The van der Waals surface area contributed by atoms with Crippen LogP contribution in [0.1, 0.15) is 245 Å². The van der Waals surface area contributed by atoms with E-state index in [1.54, 1.807) is 0 Å². The number of phosphoric ester groups is 1. The van der Waals surface area contributed by atoms with Crippen LogP contribution in [0.3, 0.4) is 0 Å². The summed E-state index contributed by atoms with van der Waals surface area (Å²) in [4.78, 5) is 38.1. The lowest BCUT2D eigenvalue weighted by molar-refractivity contribution is -0.870. The first-order valence-electron chi connectivity index (χ1n) is 35.8. The Hall–Kier alpha value is -5.41. The SMILES string of the molecule is CC/C=C\C/C=C\C/C=C\C/C=C\C/C=C\C/C=C\C/C=C\C/C=C\C/C=C\C/C=C\CCCCCCCCCCCCC(=O)OC(COC(=O)CCCCCCC/C=C\C/C=C\C/C=C\C/C=C\C/C=C\C/C=C\C/C=C\CC)COP(=O)([O-])OCC[N+](C)(C)C. The second-order valence-electron chi connectivity index (χ2n) is 24.1. The predicted octanol–water partition coefficient (Wildman–Crippen LogP) is 23.2. The molecule has 0 aliphatic heterocycles. The van der Waals surface area contributed by atoms with Gasteiger partial charge < -0.3 is 27.9 Å². The lowest BCUT2D eigenvalue weighted by atomic mass is 10.0. The first-order chi connectivity index (χ1) is 45.0. The largest absolute Gasteiger partial charge is 0.756 e. The first-order valence-corrected chi connectivity index (χ1v) is 37.3. The molecule has 0 amide bonds. The summed E-state index contributed by atoms with van der Waals surface area (Å²) < 4.78 is 34.3. The van der Waals surface area contributed by atoms with Gasteiger partial charge in [-0.2, -0.15) is 0 Å². The molecular weight excluding hydrogens is 1160 g/mol. The highest BCUT2D eigenvalue weighted by Gasteiger charge is 2.22. The van der Waals surface area contributed by atoms with Gasteiger partial charge in [-0.3, -0.25) is 14.2 Å². The monoisotopic (exact) mass is 1290 g/mol. The third kappa shape index (κ3) is 73.6. The molecule has 0 aromatic heterocycles. The zero-order valence-corrected chi connectivity index (χ0v) is 59.5. The van der Waals surface area contributed by atoms with Gasteiger partial charge in [0.2, 0.25) is 0 Å². The minimum atomic E-state index is -4.66. The Morgan fingerprint density at radius 3 is 0.870 bits per heavy atom. The molecule has 0 heterocycles. The van der Waals surface area contributed by atoms with Crippen LogP contribution in [-0.2, 0) is 32.7 Å². The number of unbranched alkanes of at least 4 members (excludes halogenated alkanes) is 15. The quantitative estimate of drug-likeness (QED) is 0.0195. The number of carbonyl (C=O) groups is 2. The van der Waals surface area contributed by atoms with Crippen molar-refractivity contribution in [3.63, 3.8) is 0 Å². The topological polar surface area (TPSA) is 111 Å². The maximum absolute atomic E-state index is 12.9. The predicted molar refractivity (Wildman–Crippen MR) is 396 cm³/mol. The third-order valence-electron chi connectivity index (χ3n) is 14.3. The highest BCUT2D eigenvalue weighted by Crippen LogP contribution is 2.38. The van der Waals surface area contributed by atoms with Crippen molar-refractivity contribution in [3.05, 3.63) is 207 Å². The van der Waals surface area contributed by atoms with E-state index in [1.807, 2.05) is 21.1 Å². The van der Waals surface area contributed by atoms with Gasteiger partial charge in [0.1, 0.15) is 19.8 Å². The summed E-state index contributed by atoms with van der Waals surface area (Å²) in [6.45, 7) is 3.96. The molecule has 2 unspecified atom stereocenters. The summed E-state index contributed by atoms with van der Waals surface area (Å²) in [7, 11) is 1.12. The molecule has 0 saturated carbocycles. The van der Waals surface area contributed by atoms with Crippen molar-refractivity contribution in [2.24, 2.45) is 0 Å². The number of hydrogen-bond donors (Lipinski definition) is 0. The molecule has 0 aliphatic carbocycles. The molecule has 0 aliphatic rings. The van der Waals surface area contributed by atoms with Gasteiger partial charge in [0, 0.05) is 12.8 Å². The molecule has 0 aromatic carbocycles. The van der Waals surface area contributed by atoms with Crippen molar-refractivity contribution >= 4 is 19.8 Å². The number of ether oxygens (including phenoxy) is 2. The maximum atomic E-state index is 12.9. The molecule has 0 radical (unpaired) electrons. The van der Waals surface area contributed by atoms with Crippen LogP contribution in [0.25, 0.3) is 0 Å². The normalized spacial score (nSPS) is 14.4. The zero-order valence-electron chi connectivity index (χ0n) is 58.7. The highest BCUT2D eigenvalue weighted by atomic mass is 31.2. The summed E-state index contributed by atoms with van der Waals surface area (Å²) >= 11 is 0. The van der Waals surface area contributed by atoms with E-state index < -0.39 is 32.5 Å². The number of hydrogen-bond acceptors (Lipinski definition) is 8. The number of carbonyl (C=O) groups excluding carboxylic acids is 2. The number of quaternary nitrogens is 1. The summed E-state index contributed by atoms with van der Waals surface area (Å²) in [5.74, 6) is -0.875. The van der Waals surface area contributed by atoms with E-state index in [0.717, 1.165) is 167 Å². The van der Waals surface area contributed by atoms with E-state index in [2.05, 4.69) is 220 Å². The van der Waals surface area contributed by atoms with Crippen molar-refractivity contribution in [2.45, 2.75) is 251 Å². The number of nitrogens with zero attached hydrogens (tertiary/aromatic N) is 1. The molecule has 0 saturated heterocycles. The number of rotatable bonds is 63. The fourth-order valence-electron chi connectivity index (χ4n) is 8.90. The number of esters is 2. The van der Waals surface area contributed by atoms with E-state index in [0.29, 0.717) is 23.9 Å². The molecule has 2 atom stereocenters. The number of likely N-dealkylation sites (N-methyl/N-ethyl adjacent to an activating group) is 1. The van der Waals surface area contributed by atoms with Gasteiger partial charge >= 0.3 is 11.9 Å². The fourth-order valence-corrected chi connectivity index (χ4v) is 9.63. The van der Waals surface area contributed by atoms with Crippen molar-refractivity contribution in [3.8, 4) is 0 Å². The van der Waals surface area contributed by atoms with E-state index in [4.69, 9.17) is 18.5 Å². The molecule has 92 heavy (non-hydrogen) atoms. The summed E-state index contributed by atoms with van der Waals surface area (Å²) in [5.41, 5.74) is 0. The highest BCUT2D eigenvalue weighted by molar-refractivity contribution is 7.45. The van der Waals surface area contributed by atoms with Gasteiger partial charge in [-0.05, 0) is 148 Å². The minimum Gasteiger partial charge on any atom is -0.756 e. The first kappa shape index (κ1) is 86.6. The summed E-state index contributed by atoms with van der Waals surface area (Å²) in [6.07, 6.45) is 110. The minimum absolute atomic E-state index is 0.0464. The Balaban J connectivity index is 4.16. The van der Waals surface area contributed by atoms with Crippen molar-refractivity contribution in [1.29, 1.82) is 0 Å². The molecule has 516 valence electrons. The van der Waals surface area contributed by atoms with E-state index in [9.17, 15) is 19.0 Å². The van der Waals surface area contributed by atoms with E-state index in [1.165, 1.54) is 38.5 Å². The third-order valence-corrected chi connectivity index (χ3v) is 15.3. The molecule has 0 bridgehead atoms. The van der Waals surface area contributed by atoms with Crippen LogP contribution < -0.4 is 4.89 Å². The lowest BCUT2D eigenvalue weighted by Gasteiger charge is -2.28. The summed E-state index contributed by atoms with van der Waals surface area (Å²) in [6, 6.07) is 0. The van der Waals surface area contributed by atoms with Crippen LogP contribution in [0.4, 0.5) is 0 Å². The second-order valence-corrected chi connectivity index (χ2v) is 25.5. The van der Waals surface area contributed by atoms with Gasteiger partial charge in [-0.25, -0.2) is 0 Å². The Morgan fingerprint density at radius 2 is 0.587 bits per heavy atom. The molecule has 0 N–H and O–H groups in total. The molecule has 0 spiro atoms. The van der Waals surface area contributed by atoms with E-state index in [-0.39, 0.29) is 26.1 Å². The van der Waals surface area contributed by atoms with Crippen LogP contribution in [0.5, 0.6) is 0 Å². The van der Waals surface area contributed by atoms with Gasteiger partial charge in [0.05, 0.1) is 27.7 Å². The van der Waals surface area contributed by atoms with Crippen LogP contribution in [0.15, 0.2) is 207 Å².